The van der Waals surface area contributed by atoms with Crippen molar-refractivity contribution in [3.63, 3.8) is 0 Å². The Kier molecular flexibility index (Phi) is 5.69. The van der Waals surface area contributed by atoms with Gasteiger partial charge in [-0.15, -0.1) is 0 Å². The highest BCUT2D eigenvalue weighted by molar-refractivity contribution is 6.30. The van der Waals surface area contributed by atoms with Crippen LogP contribution in [0.25, 0.3) is 11.3 Å². The van der Waals surface area contributed by atoms with E-state index in [-0.39, 0.29) is 6.03 Å². The zero-order valence-corrected chi connectivity index (χ0v) is 16.6. The summed E-state index contributed by atoms with van der Waals surface area (Å²) in [6.45, 7) is 2.64. The molecular formula is C21H22ClN5O2. The van der Waals surface area contributed by atoms with Gasteiger partial charge in [0, 0.05) is 23.7 Å². The number of urea groups is 1. The summed E-state index contributed by atoms with van der Waals surface area (Å²) >= 11 is 6.03. The third-order valence-corrected chi connectivity index (χ3v) is 5.07. The molecule has 2 aromatic carbocycles. The highest BCUT2D eigenvalue weighted by Crippen LogP contribution is 2.33. The van der Waals surface area contributed by atoms with Crippen LogP contribution in [0.1, 0.15) is 5.56 Å². The third kappa shape index (κ3) is 4.36. The highest BCUT2D eigenvalue weighted by atomic mass is 35.5. The SMILES string of the molecule is Nc1c(NC(=O)N2CCOCC2)c(-c2ccc(Cl)cc2)nn1Cc1ccccc1. The van der Waals surface area contributed by atoms with Gasteiger partial charge in [0.25, 0.3) is 0 Å². The second-order valence-corrected chi connectivity index (χ2v) is 7.22. The number of nitrogen functional groups attached to an aromatic ring is 1. The summed E-state index contributed by atoms with van der Waals surface area (Å²) in [5, 5.41) is 8.28. The van der Waals surface area contributed by atoms with Crippen LogP contribution in [0.5, 0.6) is 0 Å². The third-order valence-electron chi connectivity index (χ3n) is 4.81. The maximum Gasteiger partial charge on any atom is 0.322 e. The second-order valence-electron chi connectivity index (χ2n) is 6.79. The molecule has 29 heavy (non-hydrogen) atoms. The minimum absolute atomic E-state index is 0.213. The summed E-state index contributed by atoms with van der Waals surface area (Å²) in [6, 6.07) is 17.0. The Morgan fingerprint density at radius 1 is 1.10 bits per heavy atom. The Bertz CT molecular complexity index is 982. The Balaban J connectivity index is 1.68. The number of nitrogens with two attached hydrogens (primary N) is 1. The zero-order chi connectivity index (χ0) is 20.2. The Hall–Kier alpha value is -3.03. The van der Waals surface area contributed by atoms with Crippen molar-refractivity contribution in [2.24, 2.45) is 0 Å². The van der Waals surface area contributed by atoms with E-state index < -0.39 is 0 Å². The number of aromatic nitrogens is 2. The van der Waals surface area contributed by atoms with Crippen molar-refractivity contribution in [3.8, 4) is 11.3 Å². The summed E-state index contributed by atoms with van der Waals surface area (Å²) in [4.78, 5) is 14.5. The number of rotatable bonds is 4. The van der Waals surface area contributed by atoms with Crippen LogP contribution in [-0.4, -0.2) is 47.0 Å². The number of carbonyl (C=O) groups is 1. The largest absolute Gasteiger partial charge is 0.382 e. The lowest BCUT2D eigenvalue weighted by Gasteiger charge is -2.27. The van der Waals surface area contributed by atoms with Crippen LogP contribution in [0.4, 0.5) is 16.3 Å². The maximum atomic E-state index is 12.8. The molecule has 2 amide bonds. The Morgan fingerprint density at radius 2 is 1.79 bits per heavy atom. The van der Waals surface area contributed by atoms with Gasteiger partial charge >= 0.3 is 6.03 Å². The molecule has 0 spiro atoms. The molecule has 8 heteroatoms. The maximum absolute atomic E-state index is 12.8. The van der Waals surface area contributed by atoms with Crippen molar-refractivity contribution in [3.05, 3.63) is 65.2 Å². The van der Waals surface area contributed by atoms with Crippen LogP contribution in [0.15, 0.2) is 54.6 Å². The fraction of sp³-hybridized carbons (Fsp3) is 0.238. The first-order valence-electron chi connectivity index (χ1n) is 9.41. The smallest absolute Gasteiger partial charge is 0.322 e. The summed E-state index contributed by atoms with van der Waals surface area (Å²) < 4.78 is 7.03. The van der Waals surface area contributed by atoms with Gasteiger partial charge in [0.1, 0.15) is 17.2 Å². The molecule has 0 unspecified atom stereocenters. The average molecular weight is 412 g/mol. The molecule has 1 aliphatic rings. The van der Waals surface area contributed by atoms with Gasteiger partial charge < -0.3 is 20.7 Å². The molecule has 0 atom stereocenters. The highest BCUT2D eigenvalue weighted by Gasteiger charge is 2.23. The van der Waals surface area contributed by atoms with Crippen molar-refractivity contribution in [1.29, 1.82) is 0 Å². The van der Waals surface area contributed by atoms with Crippen molar-refractivity contribution < 1.29 is 9.53 Å². The second kappa shape index (κ2) is 8.55. The van der Waals surface area contributed by atoms with Crippen molar-refractivity contribution >= 4 is 29.1 Å². The first-order chi connectivity index (χ1) is 14.1. The molecule has 0 bridgehead atoms. The van der Waals surface area contributed by atoms with Gasteiger partial charge in [-0.3, -0.25) is 0 Å². The van der Waals surface area contributed by atoms with Gasteiger partial charge in [-0.1, -0.05) is 54.1 Å². The normalized spacial score (nSPS) is 14.0. The van der Waals surface area contributed by atoms with Gasteiger partial charge in [-0.2, -0.15) is 5.10 Å². The molecule has 1 aliphatic heterocycles. The number of halogens is 1. The minimum atomic E-state index is -0.213. The molecule has 7 nitrogen and oxygen atoms in total. The predicted octanol–water partition coefficient (Wildman–Crippen LogP) is 3.70. The average Bonchev–Trinajstić information content (AvgIpc) is 3.05. The van der Waals surface area contributed by atoms with E-state index in [1.807, 2.05) is 42.5 Å². The van der Waals surface area contributed by atoms with Crippen LogP contribution in [0.2, 0.25) is 5.02 Å². The summed E-state index contributed by atoms with van der Waals surface area (Å²) in [7, 11) is 0. The lowest BCUT2D eigenvalue weighted by Crippen LogP contribution is -2.43. The van der Waals surface area contributed by atoms with E-state index >= 15 is 0 Å². The molecule has 1 fully saturated rings. The molecular weight excluding hydrogens is 390 g/mol. The molecule has 150 valence electrons. The number of nitrogens with one attached hydrogen (secondary N) is 1. The van der Waals surface area contributed by atoms with E-state index in [0.717, 1.165) is 11.1 Å². The van der Waals surface area contributed by atoms with E-state index in [2.05, 4.69) is 5.32 Å². The molecule has 3 N–H and O–H groups in total. The molecule has 0 aliphatic carbocycles. The van der Waals surface area contributed by atoms with Gasteiger partial charge in [-0.05, 0) is 17.7 Å². The number of morpholine rings is 1. The van der Waals surface area contributed by atoms with Crippen LogP contribution >= 0.6 is 11.6 Å². The van der Waals surface area contributed by atoms with Crippen LogP contribution < -0.4 is 11.1 Å². The Morgan fingerprint density at radius 3 is 2.48 bits per heavy atom. The molecule has 0 saturated carbocycles. The summed E-state index contributed by atoms with van der Waals surface area (Å²) in [5.74, 6) is 0.403. The first kappa shape index (κ1) is 19.3. The summed E-state index contributed by atoms with van der Waals surface area (Å²) in [5.41, 5.74) is 9.41. The van der Waals surface area contributed by atoms with E-state index in [1.54, 1.807) is 21.7 Å². The van der Waals surface area contributed by atoms with E-state index in [9.17, 15) is 4.79 Å². The number of amides is 2. The number of carbonyl (C=O) groups excluding carboxylic acids is 1. The lowest BCUT2D eigenvalue weighted by atomic mass is 10.1. The standard InChI is InChI=1S/C21H22ClN5O2/c22-17-8-6-16(7-9-17)18-19(24-21(28)26-10-12-29-13-11-26)20(23)27(25-18)14-15-4-2-1-3-5-15/h1-9H,10-14,23H2,(H,24,28). The van der Waals surface area contributed by atoms with Gasteiger partial charge in [-0.25, -0.2) is 9.48 Å². The monoisotopic (exact) mass is 411 g/mol. The molecule has 4 rings (SSSR count). The predicted molar refractivity (Wildman–Crippen MR) is 114 cm³/mol. The fourth-order valence-electron chi connectivity index (χ4n) is 3.24. The summed E-state index contributed by atoms with van der Waals surface area (Å²) in [6.07, 6.45) is 0. The molecule has 0 radical (unpaired) electrons. The fourth-order valence-corrected chi connectivity index (χ4v) is 3.36. The van der Waals surface area contributed by atoms with Crippen molar-refractivity contribution in [2.75, 3.05) is 37.4 Å². The number of hydrogen-bond acceptors (Lipinski definition) is 4. The van der Waals surface area contributed by atoms with Crippen LogP contribution in [-0.2, 0) is 11.3 Å². The van der Waals surface area contributed by atoms with Gasteiger partial charge in [0.05, 0.1) is 19.8 Å². The number of nitrogens with zero attached hydrogens (tertiary/aromatic N) is 3. The Labute approximate surface area is 174 Å². The van der Waals surface area contributed by atoms with E-state index in [0.29, 0.717) is 55.1 Å². The molecule has 1 aromatic heterocycles. The molecule has 1 saturated heterocycles. The van der Waals surface area contributed by atoms with Crippen molar-refractivity contribution in [1.82, 2.24) is 14.7 Å². The van der Waals surface area contributed by atoms with Gasteiger partial charge in [0.2, 0.25) is 0 Å². The van der Waals surface area contributed by atoms with E-state index in [1.165, 1.54) is 0 Å². The molecule has 3 aromatic rings. The van der Waals surface area contributed by atoms with E-state index in [4.69, 9.17) is 27.2 Å². The van der Waals surface area contributed by atoms with Crippen LogP contribution in [0, 0.1) is 0 Å². The zero-order valence-electron chi connectivity index (χ0n) is 15.8. The van der Waals surface area contributed by atoms with Crippen molar-refractivity contribution in [2.45, 2.75) is 6.54 Å². The number of ether oxygens (including phenoxy) is 1. The first-order valence-corrected chi connectivity index (χ1v) is 9.79. The quantitative estimate of drug-likeness (QED) is 0.685. The lowest BCUT2D eigenvalue weighted by molar-refractivity contribution is 0.0565. The number of anilines is 2. The molecule has 2 heterocycles. The minimum Gasteiger partial charge on any atom is -0.382 e. The topological polar surface area (TPSA) is 85.4 Å². The van der Waals surface area contributed by atoms with Gasteiger partial charge in [0.15, 0.2) is 0 Å². The number of hydrogen-bond donors (Lipinski definition) is 2. The number of benzene rings is 2. The van der Waals surface area contributed by atoms with Crippen LogP contribution in [0.3, 0.4) is 0 Å².